The number of benzene rings is 1. The van der Waals surface area contributed by atoms with Crippen molar-refractivity contribution < 1.29 is 87.7 Å². The topological polar surface area (TPSA) is 162 Å². The summed E-state index contributed by atoms with van der Waals surface area (Å²) in [5, 5.41) is 3.39. The number of halogens is 3. The SMILES string of the molecule is CCC/C=C(/NS(=O)(=O)C1CC1)C(C/C=C\CCCCC)NC(=O)[C@@H]1CCCN1C(=O)CCC(=O)N1CCCC(F)(F)C1.O=c1cc(-c2ccccn2)[nH]c2c3c(ccc12)CCC3.[F-].[K+]. The van der Waals surface area contributed by atoms with Crippen LogP contribution in [-0.4, -0.2) is 88.8 Å². The van der Waals surface area contributed by atoms with Crippen LogP contribution in [0.4, 0.5) is 8.78 Å². The number of likely N-dealkylation sites (tertiary alicyclic amines) is 2. The van der Waals surface area contributed by atoms with E-state index in [9.17, 15) is 36.4 Å². The summed E-state index contributed by atoms with van der Waals surface area (Å²) < 4.78 is 56.0. The summed E-state index contributed by atoms with van der Waals surface area (Å²) in [5.41, 5.74) is 5.77. The van der Waals surface area contributed by atoms with Gasteiger partial charge in [-0.1, -0.05) is 63.5 Å². The molecular weight excluding hydrogens is 885 g/mol. The average molecular weight is 949 g/mol. The molecule has 0 bridgehead atoms. The summed E-state index contributed by atoms with van der Waals surface area (Å²) in [4.78, 5) is 61.9. The van der Waals surface area contributed by atoms with Crippen LogP contribution < -0.4 is 71.6 Å². The fourth-order valence-corrected chi connectivity index (χ4v) is 10.1. The van der Waals surface area contributed by atoms with Crippen molar-refractivity contribution in [3.05, 3.63) is 87.9 Å². The van der Waals surface area contributed by atoms with Gasteiger partial charge in [-0.15, -0.1) is 0 Å². The first-order valence-electron chi connectivity index (χ1n) is 23.0. The van der Waals surface area contributed by atoms with E-state index in [0.29, 0.717) is 50.8 Å². The molecule has 3 amide bonds. The Balaban J connectivity index is 0.000000348. The minimum atomic E-state index is -3.56. The van der Waals surface area contributed by atoms with Gasteiger partial charge < -0.3 is 24.8 Å². The van der Waals surface area contributed by atoms with E-state index in [-0.39, 0.29) is 106 Å². The van der Waals surface area contributed by atoms with Crippen molar-refractivity contribution in [1.82, 2.24) is 29.8 Å². The van der Waals surface area contributed by atoms with Gasteiger partial charge in [-0.2, -0.15) is 0 Å². The molecule has 2 aliphatic heterocycles. The first kappa shape index (κ1) is 54.3. The van der Waals surface area contributed by atoms with E-state index in [1.54, 1.807) is 12.3 Å². The molecule has 3 aromatic rings. The summed E-state index contributed by atoms with van der Waals surface area (Å²) in [5.74, 6) is -4.12. The number of H-pyrrole nitrogens is 1. The molecule has 1 saturated carbocycles. The molecule has 2 atom stereocenters. The van der Waals surface area contributed by atoms with Gasteiger partial charge in [-0.25, -0.2) is 17.2 Å². The molecule has 350 valence electrons. The van der Waals surface area contributed by atoms with Crippen molar-refractivity contribution in [2.45, 2.75) is 153 Å². The predicted molar refractivity (Wildman–Crippen MR) is 242 cm³/mol. The van der Waals surface area contributed by atoms with Crippen molar-refractivity contribution in [2.75, 3.05) is 19.6 Å². The number of hydrogen-bond acceptors (Lipinski definition) is 7. The minimum absolute atomic E-state index is 0. The fraction of sp³-hybridized carbons (Fsp3) is 0.562. The number of aryl methyl sites for hydroxylation is 2. The number of alkyl halides is 2. The number of sulfonamides is 1. The number of amides is 3. The Bertz CT molecular complexity index is 2310. The number of aromatic amines is 1. The number of fused-ring (bicyclic) bond motifs is 3. The van der Waals surface area contributed by atoms with Crippen LogP contribution >= 0.6 is 0 Å². The van der Waals surface area contributed by atoms with Crippen LogP contribution in [0.2, 0.25) is 0 Å². The molecule has 1 unspecified atom stereocenters. The second kappa shape index (κ2) is 25.7. The van der Waals surface area contributed by atoms with Gasteiger partial charge in [-0.3, -0.25) is 28.9 Å². The number of carbonyl (C=O) groups excluding carboxylic acids is 3. The number of carbonyl (C=O) groups is 3. The monoisotopic (exact) mass is 948 g/mol. The molecule has 4 heterocycles. The number of unbranched alkanes of at least 4 members (excludes halogenated alkanes) is 4. The Labute approximate surface area is 424 Å². The molecule has 4 aliphatic rings. The number of aromatic nitrogens is 2. The number of rotatable bonds is 18. The van der Waals surface area contributed by atoms with Gasteiger partial charge in [0.15, 0.2) is 5.43 Å². The number of hydrogen-bond donors (Lipinski definition) is 3. The predicted octanol–water partition coefficient (Wildman–Crippen LogP) is 1.88. The van der Waals surface area contributed by atoms with Crippen molar-refractivity contribution in [3.63, 3.8) is 0 Å². The van der Waals surface area contributed by atoms with Crippen LogP contribution in [0.3, 0.4) is 0 Å². The zero-order valence-corrected chi connectivity index (χ0v) is 42.1. The smallest absolute Gasteiger partial charge is 1.00 e. The molecule has 2 aliphatic carbocycles. The third-order valence-electron chi connectivity index (χ3n) is 12.3. The van der Waals surface area contributed by atoms with Crippen LogP contribution in [-0.2, 0) is 37.2 Å². The maximum atomic E-state index is 13.8. The van der Waals surface area contributed by atoms with Gasteiger partial charge in [-0.05, 0) is 106 Å². The normalized spacial score (nSPS) is 18.5. The van der Waals surface area contributed by atoms with E-state index < -0.39 is 45.7 Å². The maximum Gasteiger partial charge on any atom is 1.00 e. The zero-order valence-electron chi connectivity index (χ0n) is 38.2. The Morgan fingerprint density at radius 1 is 0.954 bits per heavy atom. The third-order valence-corrected chi connectivity index (χ3v) is 14.1. The van der Waals surface area contributed by atoms with Crippen molar-refractivity contribution in [1.29, 1.82) is 0 Å². The van der Waals surface area contributed by atoms with E-state index in [2.05, 4.69) is 39.1 Å². The van der Waals surface area contributed by atoms with Crippen LogP contribution in [0.1, 0.15) is 128 Å². The largest absolute Gasteiger partial charge is 1.00 e. The first-order chi connectivity index (χ1) is 30.3. The van der Waals surface area contributed by atoms with E-state index >= 15 is 0 Å². The van der Waals surface area contributed by atoms with Crippen molar-refractivity contribution in [2.24, 2.45) is 0 Å². The Kier molecular flexibility index (Phi) is 21.4. The van der Waals surface area contributed by atoms with Crippen LogP contribution in [0.25, 0.3) is 22.3 Å². The molecule has 65 heavy (non-hydrogen) atoms. The molecule has 3 fully saturated rings. The molecule has 17 heteroatoms. The van der Waals surface area contributed by atoms with Gasteiger partial charge in [0.2, 0.25) is 27.7 Å². The van der Waals surface area contributed by atoms with Crippen molar-refractivity contribution >= 4 is 38.6 Å². The Morgan fingerprint density at radius 2 is 1.74 bits per heavy atom. The molecule has 0 radical (unpaired) electrons. The molecule has 7 rings (SSSR count). The fourth-order valence-electron chi connectivity index (χ4n) is 8.66. The number of piperidine rings is 1. The second-order valence-corrected chi connectivity index (χ2v) is 19.3. The number of pyridine rings is 2. The van der Waals surface area contributed by atoms with Gasteiger partial charge in [0.05, 0.1) is 34.7 Å². The number of allylic oxidation sites excluding steroid dienone is 2. The maximum absolute atomic E-state index is 13.8. The van der Waals surface area contributed by atoms with Gasteiger partial charge in [0, 0.05) is 55.7 Å². The quantitative estimate of drug-likeness (QED) is 0.0998. The summed E-state index contributed by atoms with van der Waals surface area (Å²) in [6.45, 7) is 4.12. The van der Waals surface area contributed by atoms with E-state index in [1.807, 2.05) is 43.3 Å². The number of nitrogens with one attached hydrogen (secondary N) is 3. The Morgan fingerprint density at radius 3 is 2.45 bits per heavy atom. The summed E-state index contributed by atoms with van der Waals surface area (Å²) in [6.07, 6.45) is 18.9. The minimum Gasteiger partial charge on any atom is -1.00 e. The number of nitrogens with zero attached hydrogens (tertiary/aromatic N) is 3. The van der Waals surface area contributed by atoms with Crippen LogP contribution in [0.15, 0.2) is 71.3 Å². The Hall–Kier alpha value is -3.35. The zero-order chi connectivity index (χ0) is 45.0. The molecule has 0 spiro atoms. The summed E-state index contributed by atoms with van der Waals surface area (Å²) in [7, 11) is -3.56. The van der Waals surface area contributed by atoms with Crippen LogP contribution in [0.5, 0.6) is 0 Å². The first-order valence-corrected chi connectivity index (χ1v) is 24.6. The van der Waals surface area contributed by atoms with Gasteiger partial charge in [0.1, 0.15) is 6.04 Å². The van der Waals surface area contributed by atoms with E-state index in [1.165, 1.54) is 22.4 Å². The third kappa shape index (κ3) is 15.3. The molecule has 1 aromatic carbocycles. The summed E-state index contributed by atoms with van der Waals surface area (Å²) in [6, 6.07) is 10.0. The van der Waals surface area contributed by atoms with E-state index in [4.69, 9.17) is 0 Å². The summed E-state index contributed by atoms with van der Waals surface area (Å²) >= 11 is 0. The molecule has 2 saturated heterocycles. The standard InChI is InChI=1S/C31H50F2N4O5S.C17H14N2O.FH.K/c1-3-5-7-8-9-10-14-25(26(13-6-4-2)35-43(41,42)24-16-17-24)34-30(40)27-15-11-22-37(27)29(39)19-18-28(38)36-21-12-20-31(32,33)23-36;20-16-10-15(14-6-1-2-9-18-14)19-17-12-5-3-4-11(12)7-8-13(16)17;;/h9-10,13,24-25,27,35H,3-8,11-12,14-23H2,1-2H3,(H,34,40);1-2,6-10H,3-5H2,(H,19,20);1H;/q;;;+1/p-1/b10-9-,26-13+;;;/t25?,27-;;;/m0.../s1. The van der Waals surface area contributed by atoms with Gasteiger partial charge >= 0.3 is 51.4 Å². The van der Waals surface area contributed by atoms with E-state index in [0.717, 1.165) is 72.1 Å². The second-order valence-electron chi connectivity index (χ2n) is 17.3. The van der Waals surface area contributed by atoms with Gasteiger partial charge in [0.25, 0.3) is 5.92 Å². The van der Waals surface area contributed by atoms with Crippen molar-refractivity contribution in [3.8, 4) is 11.4 Å². The molecule has 3 N–H and O–H groups in total. The molecular formula is C48H64F3KN6O6S. The molecule has 12 nitrogen and oxygen atoms in total. The average Bonchev–Trinajstić information content (AvgIpc) is 3.83. The molecule has 2 aromatic heterocycles. The van der Waals surface area contributed by atoms with Crippen LogP contribution in [0, 0.1) is 0 Å².